The second-order valence-corrected chi connectivity index (χ2v) is 5.53. The highest BCUT2D eigenvalue weighted by Gasteiger charge is 2.13. The Morgan fingerprint density at radius 2 is 1.57 bits per heavy atom. The van der Waals surface area contributed by atoms with Gasteiger partial charge in [-0.15, -0.1) is 0 Å². The van der Waals surface area contributed by atoms with Crippen molar-refractivity contribution < 1.29 is 9.53 Å². The van der Waals surface area contributed by atoms with E-state index in [1.54, 1.807) is 0 Å². The number of carbonyl (C=O) groups is 1. The lowest BCUT2D eigenvalue weighted by Gasteiger charge is -2.22. The van der Waals surface area contributed by atoms with Crippen LogP contribution in [0.25, 0.3) is 0 Å². The molecule has 0 unspecified atom stereocenters. The maximum Gasteiger partial charge on any atom is 0.253 e. The van der Waals surface area contributed by atoms with E-state index in [0.29, 0.717) is 6.61 Å². The SMILES string of the molecule is CCCN(CCCCOc1ccccc1)C(=O)c1ccccc1. The lowest BCUT2D eigenvalue weighted by atomic mass is 10.2. The molecule has 3 heteroatoms. The first-order chi connectivity index (χ1) is 11.3. The monoisotopic (exact) mass is 311 g/mol. The van der Waals surface area contributed by atoms with Gasteiger partial charge in [-0.25, -0.2) is 0 Å². The van der Waals surface area contributed by atoms with Crippen molar-refractivity contribution >= 4 is 5.91 Å². The van der Waals surface area contributed by atoms with E-state index in [1.807, 2.05) is 65.6 Å². The number of amides is 1. The molecule has 0 saturated heterocycles. The van der Waals surface area contributed by atoms with Crippen LogP contribution in [0.5, 0.6) is 5.75 Å². The van der Waals surface area contributed by atoms with Gasteiger partial charge in [-0.05, 0) is 43.5 Å². The Morgan fingerprint density at radius 1 is 0.913 bits per heavy atom. The molecule has 0 radical (unpaired) electrons. The van der Waals surface area contributed by atoms with Crippen LogP contribution >= 0.6 is 0 Å². The molecule has 0 aromatic heterocycles. The van der Waals surface area contributed by atoms with Crippen molar-refractivity contribution in [1.29, 1.82) is 0 Å². The summed E-state index contributed by atoms with van der Waals surface area (Å²) in [5.74, 6) is 1.02. The van der Waals surface area contributed by atoms with E-state index in [1.165, 1.54) is 0 Å². The Morgan fingerprint density at radius 3 is 2.22 bits per heavy atom. The second kappa shape index (κ2) is 9.67. The van der Waals surface area contributed by atoms with Crippen molar-refractivity contribution in [2.75, 3.05) is 19.7 Å². The first-order valence-corrected chi connectivity index (χ1v) is 8.33. The second-order valence-electron chi connectivity index (χ2n) is 5.53. The summed E-state index contributed by atoms with van der Waals surface area (Å²) in [5, 5.41) is 0. The van der Waals surface area contributed by atoms with Crippen molar-refractivity contribution in [1.82, 2.24) is 4.90 Å². The number of para-hydroxylation sites is 1. The van der Waals surface area contributed by atoms with Crippen molar-refractivity contribution in [2.45, 2.75) is 26.2 Å². The van der Waals surface area contributed by atoms with Gasteiger partial charge in [-0.1, -0.05) is 43.3 Å². The fourth-order valence-corrected chi connectivity index (χ4v) is 2.46. The molecule has 2 aromatic carbocycles. The van der Waals surface area contributed by atoms with Crippen molar-refractivity contribution in [3.63, 3.8) is 0 Å². The molecule has 0 saturated carbocycles. The molecule has 0 aliphatic carbocycles. The van der Waals surface area contributed by atoms with Gasteiger partial charge in [-0.2, -0.15) is 0 Å². The third-order valence-electron chi connectivity index (χ3n) is 3.64. The summed E-state index contributed by atoms with van der Waals surface area (Å²) in [6.45, 7) is 4.36. The normalized spacial score (nSPS) is 10.3. The topological polar surface area (TPSA) is 29.5 Å². The van der Waals surface area contributed by atoms with E-state index < -0.39 is 0 Å². The maximum atomic E-state index is 12.5. The minimum absolute atomic E-state index is 0.122. The molecule has 122 valence electrons. The molecule has 0 spiro atoms. The Bertz CT molecular complexity index is 569. The summed E-state index contributed by atoms with van der Waals surface area (Å²) in [4.78, 5) is 14.5. The Balaban J connectivity index is 1.75. The van der Waals surface area contributed by atoms with Crippen LogP contribution in [-0.2, 0) is 0 Å². The molecule has 0 N–H and O–H groups in total. The Hall–Kier alpha value is -2.29. The summed E-state index contributed by atoms with van der Waals surface area (Å²) >= 11 is 0. The molecular formula is C20H25NO2. The number of unbranched alkanes of at least 4 members (excludes halogenated alkanes) is 1. The highest BCUT2D eigenvalue weighted by Crippen LogP contribution is 2.10. The van der Waals surface area contributed by atoms with Crippen molar-refractivity contribution in [2.24, 2.45) is 0 Å². The maximum absolute atomic E-state index is 12.5. The van der Waals surface area contributed by atoms with E-state index in [-0.39, 0.29) is 5.91 Å². The average Bonchev–Trinajstić information content (AvgIpc) is 2.61. The summed E-state index contributed by atoms with van der Waals surface area (Å²) in [6.07, 6.45) is 2.86. The zero-order chi connectivity index (χ0) is 16.3. The largest absolute Gasteiger partial charge is 0.494 e. The number of hydrogen-bond acceptors (Lipinski definition) is 2. The third kappa shape index (κ3) is 5.78. The minimum atomic E-state index is 0.122. The van der Waals surface area contributed by atoms with E-state index in [4.69, 9.17) is 4.74 Å². The van der Waals surface area contributed by atoms with Crippen LogP contribution < -0.4 is 4.74 Å². The number of benzene rings is 2. The lowest BCUT2D eigenvalue weighted by molar-refractivity contribution is 0.0750. The van der Waals surface area contributed by atoms with Crippen LogP contribution in [0, 0.1) is 0 Å². The molecule has 2 aromatic rings. The smallest absolute Gasteiger partial charge is 0.253 e. The Labute approximate surface area is 138 Å². The quantitative estimate of drug-likeness (QED) is 0.642. The van der Waals surface area contributed by atoms with Gasteiger partial charge in [0.05, 0.1) is 6.61 Å². The molecule has 0 heterocycles. The first kappa shape index (κ1) is 17.1. The predicted molar refractivity (Wildman–Crippen MR) is 93.8 cm³/mol. The number of hydrogen-bond donors (Lipinski definition) is 0. The van der Waals surface area contributed by atoms with Gasteiger partial charge < -0.3 is 9.64 Å². The van der Waals surface area contributed by atoms with Crippen LogP contribution in [0.15, 0.2) is 60.7 Å². The summed E-state index contributed by atoms with van der Waals surface area (Å²) in [7, 11) is 0. The standard InChI is InChI=1S/C20H25NO2/c1-2-15-21(20(22)18-11-5-3-6-12-18)16-9-10-17-23-19-13-7-4-8-14-19/h3-8,11-14H,2,9-10,15-17H2,1H3. The van der Waals surface area contributed by atoms with E-state index in [2.05, 4.69) is 6.92 Å². The minimum Gasteiger partial charge on any atom is -0.494 e. The number of rotatable bonds is 9. The number of ether oxygens (including phenoxy) is 1. The van der Waals surface area contributed by atoms with Gasteiger partial charge in [0.2, 0.25) is 0 Å². The van der Waals surface area contributed by atoms with Gasteiger partial charge in [0.1, 0.15) is 5.75 Å². The zero-order valence-electron chi connectivity index (χ0n) is 13.8. The van der Waals surface area contributed by atoms with Gasteiger partial charge >= 0.3 is 0 Å². The molecule has 1 amide bonds. The first-order valence-electron chi connectivity index (χ1n) is 8.33. The zero-order valence-corrected chi connectivity index (χ0v) is 13.8. The van der Waals surface area contributed by atoms with Gasteiger partial charge in [0.25, 0.3) is 5.91 Å². The molecule has 0 aliphatic rings. The van der Waals surface area contributed by atoms with Crippen molar-refractivity contribution in [3.05, 3.63) is 66.2 Å². The molecule has 2 rings (SSSR count). The fourth-order valence-electron chi connectivity index (χ4n) is 2.46. The molecule has 23 heavy (non-hydrogen) atoms. The van der Waals surface area contributed by atoms with E-state index in [0.717, 1.165) is 43.7 Å². The van der Waals surface area contributed by atoms with Crippen LogP contribution in [0.2, 0.25) is 0 Å². The summed E-state index contributed by atoms with van der Waals surface area (Å²) in [5.41, 5.74) is 0.765. The average molecular weight is 311 g/mol. The van der Waals surface area contributed by atoms with Gasteiger partial charge in [0.15, 0.2) is 0 Å². The molecule has 0 aliphatic heterocycles. The van der Waals surface area contributed by atoms with Gasteiger partial charge in [-0.3, -0.25) is 4.79 Å². The van der Waals surface area contributed by atoms with Crippen molar-refractivity contribution in [3.8, 4) is 5.75 Å². The summed E-state index contributed by atoms with van der Waals surface area (Å²) in [6, 6.07) is 19.3. The predicted octanol–water partition coefficient (Wildman–Crippen LogP) is 4.40. The van der Waals surface area contributed by atoms with E-state index in [9.17, 15) is 4.79 Å². The molecule has 0 bridgehead atoms. The highest BCUT2D eigenvalue weighted by atomic mass is 16.5. The highest BCUT2D eigenvalue weighted by molar-refractivity contribution is 5.94. The van der Waals surface area contributed by atoms with Crippen LogP contribution in [0.3, 0.4) is 0 Å². The van der Waals surface area contributed by atoms with Crippen LogP contribution in [0.1, 0.15) is 36.5 Å². The fraction of sp³-hybridized carbons (Fsp3) is 0.350. The molecule has 0 fully saturated rings. The number of carbonyl (C=O) groups excluding carboxylic acids is 1. The van der Waals surface area contributed by atoms with Crippen LogP contribution in [0.4, 0.5) is 0 Å². The van der Waals surface area contributed by atoms with Crippen LogP contribution in [-0.4, -0.2) is 30.5 Å². The Kier molecular flexibility index (Phi) is 7.18. The van der Waals surface area contributed by atoms with E-state index >= 15 is 0 Å². The third-order valence-corrected chi connectivity index (χ3v) is 3.64. The number of nitrogens with zero attached hydrogens (tertiary/aromatic N) is 1. The summed E-state index contributed by atoms with van der Waals surface area (Å²) < 4.78 is 5.69. The molecule has 0 atom stereocenters. The molecule has 3 nitrogen and oxygen atoms in total. The lowest BCUT2D eigenvalue weighted by Crippen LogP contribution is -2.32. The molecular weight excluding hydrogens is 286 g/mol. The van der Waals surface area contributed by atoms with Gasteiger partial charge in [0, 0.05) is 18.7 Å².